The number of rotatable bonds is 3. The molecule has 0 aliphatic carbocycles. The van der Waals surface area contributed by atoms with Crippen molar-refractivity contribution in [3.63, 3.8) is 0 Å². The summed E-state index contributed by atoms with van der Waals surface area (Å²) in [5, 5.41) is 5.39. The van der Waals surface area contributed by atoms with Crippen molar-refractivity contribution in [3.05, 3.63) is 51.9 Å². The van der Waals surface area contributed by atoms with E-state index in [0.29, 0.717) is 18.5 Å². The molecule has 0 fully saturated rings. The van der Waals surface area contributed by atoms with Gasteiger partial charge in [-0.15, -0.1) is 0 Å². The smallest absolute Gasteiger partial charge is 0.274 e. The number of hydrogen-bond donors (Lipinski definition) is 2. The molecule has 138 valence electrons. The zero-order chi connectivity index (χ0) is 19.1. The van der Waals surface area contributed by atoms with E-state index in [2.05, 4.69) is 20.4 Å². The summed E-state index contributed by atoms with van der Waals surface area (Å²) >= 11 is 0. The standard InChI is InChI=1S/C18H18N6O3/c1-3-12-9-15(26)24-18(19-12)21-17(22-24)20-16(27)14-8-11-6-4-5-7-13(11)23(14)10(2)25/h4-7,9,14H,3,8H2,1-2H3,(H2,19,20,21,22,27)/t14-/m0/s1. The van der Waals surface area contributed by atoms with Crippen molar-refractivity contribution in [2.24, 2.45) is 0 Å². The molecule has 1 aromatic carbocycles. The van der Waals surface area contributed by atoms with Crippen molar-refractivity contribution < 1.29 is 9.59 Å². The number of fused-ring (bicyclic) bond motifs is 2. The largest absolute Gasteiger partial charge is 0.300 e. The van der Waals surface area contributed by atoms with Gasteiger partial charge >= 0.3 is 0 Å². The molecule has 3 aromatic rings. The lowest BCUT2D eigenvalue weighted by Gasteiger charge is -2.22. The van der Waals surface area contributed by atoms with Gasteiger partial charge in [0.05, 0.1) is 0 Å². The summed E-state index contributed by atoms with van der Waals surface area (Å²) in [6.45, 7) is 3.32. The highest BCUT2D eigenvalue weighted by atomic mass is 16.2. The molecule has 9 nitrogen and oxygen atoms in total. The second-order valence-electron chi connectivity index (χ2n) is 6.37. The van der Waals surface area contributed by atoms with Crippen LogP contribution < -0.4 is 15.8 Å². The van der Waals surface area contributed by atoms with Gasteiger partial charge in [-0.2, -0.15) is 9.50 Å². The third kappa shape index (κ3) is 2.86. The highest BCUT2D eigenvalue weighted by Crippen LogP contribution is 2.32. The summed E-state index contributed by atoms with van der Waals surface area (Å²) in [4.78, 5) is 46.9. The Labute approximate surface area is 154 Å². The lowest BCUT2D eigenvalue weighted by molar-refractivity contribution is -0.122. The van der Waals surface area contributed by atoms with E-state index in [0.717, 1.165) is 11.3 Å². The molecule has 2 N–H and O–H groups in total. The Morgan fingerprint density at radius 2 is 2.07 bits per heavy atom. The van der Waals surface area contributed by atoms with Crippen LogP contribution in [0.15, 0.2) is 35.1 Å². The van der Waals surface area contributed by atoms with Gasteiger partial charge in [0.1, 0.15) is 6.04 Å². The van der Waals surface area contributed by atoms with E-state index < -0.39 is 6.04 Å². The summed E-state index contributed by atoms with van der Waals surface area (Å²) < 4.78 is 1.17. The van der Waals surface area contributed by atoms with Crippen molar-refractivity contribution in [2.75, 3.05) is 10.2 Å². The summed E-state index contributed by atoms with van der Waals surface area (Å²) in [6, 6.07) is 8.17. The molecular formula is C18H18N6O3. The van der Waals surface area contributed by atoms with Gasteiger partial charge in [-0.25, -0.2) is 4.98 Å². The molecule has 27 heavy (non-hydrogen) atoms. The SMILES string of the molecule is CCc1cc(=O)n2[nH]c(NC(=O)[C@@H]3Cc4ccccc4N3C(C)=O)nc2n1. The molecule has 1 atom stereocenters. The summed E-state index contributed by atoms with van der Waals surface area (Å²) in [5.74, 6) is -0.301. The average Bonchev–Trinajstić information content (AvgIpc) is 3.22. The Kier molecular flexibility index (Phi) is 3.98. The topological polar surface area (TPSA) is 112 Å². The Bertz CT molecular complexity index is 1120. The third-order valence-corrected chi connectivity index (χ3v) is 4.61. The van der Waals surface area contributed by atoms with Crippen molar-refractivity contribution in [3.8, 4) is 0 Å². The number of carbonyl (C=O) groups is 2. The second-order valence-corrected chi connectivity index (χ2v) is 6.37. The Balaban J connectivity index is 1.63. The van der Waals surface area contributed by atoms with Crippen LogP contribution in [-0.2, 0) is 22.4 Å². The van der Waals surface area contributed by atoms with Crippen molar-refractivity contribution in [2.45, 2.75) is 32.7 Å². The first kappa shape index (κ1) is 17.0. The maximum Gasteiger partial charge on any atom is 0.274 e. The minimum atomic E-state index is -0.677. The average molecular weight is 366 g/mol. The van der Waals surface area contributed by atoms with E-state index in [1.165, 1.54) is 22.4 Å². The van der Waals surface area contributed by atoms with Crippen LogP contribution in [0.4, 0.5) is 11.6 Å². The molecule has 0 saturated carbocycles. The van der Waals surface area contributed by atoms with Gasteiger partial charge in [0.2, 0.25) is 17.8 Å². The Morgan fingerprint density at radius 1 is 1.30 bits per heavy atom. The Hall–Kier alpha value is -3.49. The minimum absolute atomic E-state index is 0.109. The van der Waals surface area contributed by atoms with Crippen LogP contribution >= 0.6 is 0 Å². The quantitative estimate of drug-likeness (QED) is 0.715. The monoisotopic (exact) mass is 366 g/mol. The first-order chi connectivity index (χ1) is 13.0. The van der Waals surface area contributed by atoms with Crippen LogP contribution in [-0.4, -0.2) is 37.4 Å². The normalized spacial score (nSPS) is 15.8. The number of aromatic amines is 1. The van der Waals surface area contributed by atoms with Crippen LogP contribution in [0.3, 0.4) is 0 Å². The molecular weight excluding hydrogens is 348 g/mol. The van der Waals surface area contributed by atoms with Gasteiger partial charge < -0.3 is 0 Å². The summed E-state index contributed by atoms with van der Waals surface area (Å²) in [6.07, 6.45) is 1.02. The number of aromatic nitrogens is 4. The van der Waals surface area contributed by atoms with E-state index in [1.807, 2.05) is 31.2 Å². The number of amides is 2. The minimum Gasteiger partial charge on any atom is -0.300 e. The maximum absolute atomic E-state index is 12.8. The van der Waals surface area contributed by atoms with Crippen LogP contribution in [0, 0.1) is 0 Å². The fourth-order valence-electron chi connectivity index (χ4n) is 3.35. The number of H-pyrrole nitrogens is 1. The van der Waals surface area contributed by atoms with Gasteiger partial charge in [0, 0.05) is 30.8 Å². The summed E-state index contributed by atoms with van der Waals surface area (Å²) in [5.41, 5.74) is 1.99. The number of anilines is 2. The highest BCUT2D eigenvalue weighted by molar-refractivity contribution is 6.06. The first-order valence-corrected chi connectivity index (χ1v) is 8.65. The molecule has 0 radical (unpaired) electrons. The molecule has 9 heteroatoms. The number of carbonyl (C=O) groups excluding carboxylic acids is 2. The van der Waals surface area contributed by atoms with E-state index in [1.54, 1.807) is 0 Å². The van der Waals surface area contributed by atoms with Gasteiger partial charge in [-0.1, -0.05) is 25.1 Å². The molecule has 3 heterocycles. The van der Waals surface area contributed by atoms with Crippen molar-refractivity contribution in [1.29, 1.82) is 0 Å². The van der Waals surface area contributed by atoms with Crippen LogP contribution in [0.1, 0.15) is 25.1 Å². The van der Waals surface area contributed by atoms with Gasteiger partial charge in [0.15, 0.2) is 0 Å². The molecule has 0 saturated heterocycles. The zero-order valence-electron chi connectivity index (χ0n) is 14.9. The Morgan fingerprint density at radius 3 is 2.81 bits per heavy atom. The molecule has 4 rings (SSSR count). The highest BCUT2D eigenvalue weighted by Gasteiger charge is 2.37. The zero-order valence-corrected chi connectivity index (χ0v) is 14.9. The van der Waals surface area contributed by atoms with Gasteiger partial charge in [0.25, 0.3) is 11.3 Å². The maximum atomic E-state index is 12.8. The van der Waals surface area contributed by atoms with Crippen molar-refractivity contribution in [1.82, 2.24) is 19.6 Å². The fraction of sp³-hybridized carbons (Fsp3) is 0.278. The fourth-order valence-corrected chi connectivity index (χ4v) is 3.35. The molecule has 1 aliphatic heterocycles. The van der Waals surface area contributed by atoms with E-state index in [9.17, 15) is 14.4 Å². The van der Waals surface area contributed by atoms with E-state index >= 15 is 0 Å². The number of benzene rings is 1. The molecule has 0 unspecified atom stereocenters. The molecule has 0 bridgehead atoms. The van der Waals surface area contributed by atoms with E-state index in [-0.39, 0.29) is 29.1 Å². The summed E-state index contributed by atoms with van der Waals surface area (Å²) in [7, 11) is 0. The number of nitrogens with one attached hydrogen (secondary N) is 2. The number of para-hydroxylation sites is 1. The molecule has 1 aliphatic rings. The van der Waals surface area contributed by atoms with Crippen LogP contribution in [0.5, 0.6) is 0 Å². The van der Waals surface area contributed by atoms with Crippen molar-refractivity contribution >= 4 is 29.2 Å². The predicted octanol–water partition coefficient (Wildman–Crippen LogP) is 0.896. The number of aryl methyl sites for hydroxylation is 1. The van der Waals surface area contributed by atoms with E-state index in [4.69, 9.17) is 0 Å². The molecule has 2 aromatic heterocycles. The second kappa shape index (κ2) is 6.35. The van der Waals surface area contributed by atoms with Crippen LogP contribution in [0.2, 0.25) is 0 Å². The lowest BCUT2D eigenvalue weighted by Crippen LogP contribution is -2.44. The predicted molar refractivity (Wildman–Crippen MR) is 98.7 cm³/mol. The number of hydrogen-bond acceptors (Lipinski definition) is 5. The molecule has 2 amide bonds. The number of nitrogens with zero attached hydrogens (tertiary/aromatic N) is 4. The molecule has 0 spiro atoms. The van der Waals surface area contributed by atoms with Gasteiger partial charge in [-0.3, -0.25) is 29.7 Å². The van der Waals surface area contributed by atoms with Crippen LogP contribution in [0.25, 0.3) is 5.78 Å². The lowest BCUT2D eigenvalue weighted by atomic mass is 10.1. The third-order valence-electron chi connectivity index (χ3n) is 4.61. The first-order valence-electron chi connectivity index (χ1n) is 8.65. The van der Waals surface area contributed by atoms with Gasteiger partial charge in [-0.05, 0) is 18.1 Å².